The molecular weight excluding hydrogens is 327 g/mol. The Labute approximate surface area is 88.6 Å². The van der Waals surface area contributed by atoms with Crippen LogP contribution in [0.3, 0.4) is 0 Å². The van der Waals surface area contributed by atoms with E-state index in [9.17, 15) is 22.0 Å². The fourth-order valence-corrected chi connectivity index (χ4v) is 0.926. The Morgan fingerprint density at radius 1 is 0.615 bits per heavy atom. The zero-order valence-corrected chi connectivity index (χ0v) is 8.98. The number of rotatable bonds is 0. The molecule has 0 atom stereocenters. The molecule has 0 saturated carbocycles. The van der Waals surface area contributed by atoms with Crippen LogP contribution in [0.15, 0.2) is 4.47 Å². The molecule has 0 bridgehead atoms. The molecule has 1 aromatic rings. The molecule has 74 valence electrons. The smallest absolute Gasteiger partial charge is 0.200 e. The van der Waals surface area contributed by atoms with E-state index in [0.29, 0.717) is 0 Å². The van der Waals surface area contributed by atoms with Gasteiger partial charge >= 0.3 is 0 Å². The molecule has 0 aliphatic heterocycles. The fraction of sp³-hybridized carbons (Fsp3) is 0. The highest BCUT2D eigenvalue weighted by Gasteiger charge is 2.23. The van der Waals surface area contributed by atoms with E-state index in [-0.39, 0.29) is 17.0 Å². The molecule has 1 aromatic carbocycles. The van der Waals surface area contributed by atoms with Crippen molar-refractivity contribution in [2.24, 2.45) is 0 Å². The summed E-state index contributed by atoms with van der Waals surface area (Å²) >= 11 is 2.22. The van der Waals surface area contributed by atoms with Gasteiger partial charge in [-0.2, -0.15) is 0 Å². The van der Waals surface area contributed by atoms with Crippen molar-refractivity contribution in [3.63, 3.8) is 0 Å². The van der Waals surface area contributed by atoms with E-state index in [1.165, 1.54) is 0 Å². The van der Waals surface area contributed by atoms with E-state index >= 15 is 0 Å². The van der Waals surface area contributed by atoms with E-state index in [1.54, 1.807) is 0 Å². The summed E-state index contributed by atoms with van der Waals surface area (Å²) in [6.45, 7) is 0. The van der Waals surface area contributed by atoms with Crippen LogP contribution in [0.1, 0.15) is 0 Å². The molecule has 0 nitrogen and oxygen atoms in total. The van der Waals surface area contributed by atoms with Crippen molar-refractivity contribution < 1.29 is 22.0 Å². The third-order valence-electron chi connectivity index (χ3n) is 1.16. The van der Waals surface area contributed by atoms with Gasteiger partial charge in [0, 0.05) is 0 Å². The van der Waals surface area contributed by atoms with Crippen LogP contribution in [-0.4, -0.2) is 0 Å². The molecule has 0 amide bonds. The van der Waals surface area contributed by atoms with E-state index in [0.717, 1.165) is 0 Å². The Kier molecular flexibility index (Phi) is 4.31. The van der Waals surface area contributed by atoms with Crippen molar-refractivity contribution >= 4 is 32.9 Å². The first-order valence-electron chi connectivity index (χ1n) is 2.63. The van der Waals surface area contributed by atoms with Crippen LogP contribution in [0, 0.1) is 29.1 Å². The summed E-state index contributed by atoms with van der Waals surface area (Å²) in [5, 5.41) is 0. The van der Waals surface area contributed by atoms with Crippen molar-refractivity contribution in [3.05, 3.63) is 33.6 Å². The molecule has 0 fully saturated rings. The predicted molar refractivity (Wildman–Crippen MR) is 44.3 cm³/mol. The first-order chi connectivity index (χ1) is 5.46. The summed E-state index contributed by atoms with van der Waals surface area (Å²) in [7, 11) is 0. The van der Waals surface area contributed by atoms with Crippen molar-refractivity contribution in [2.45, 2.75) is 0 Å². The lowest BCUT2D eigenvalue weighted by Gasteiger charge is -2.00. The topological polar surface area (TPSA) is 0 Å². The SMILES string of the molecule is Br.Fc1c(F)c(F)c(Br)c(F)c1F. The van der Waals surface area contributed by atoms with Gasteiger partial charge in [-0.1, -0.05) is 0 Å². The second kappa shape index (κ2) is 4.36. The Balaban J connectivity index is 0.00000144. The van der Waals surface area contributed by atoms with Crippen molar-refractivity contribution in [1.29, 1.82) is 0 Å². The van der Waals surface area contributed by atoms with Crippen LogP contribution in [0.25, 0.3) is 0 Å². The zero-order chi connectivity index (χ0) is 9.46. The van der Waals surface area contributed by atoms with Crippen LogP contribution in [-0.2, 0) is 0 Å². The number of hydrogen-bond donors (Lipinski definition) is 0. The van der Waals surface area contributed by atoms with E-state index in [1.807, 2.05) is 0 Å². The van der Waals surface area contributed by atoms with E-state index < -0.39 is 33.6 Å². The Bertz CT molecular complexity index is 233. The number of benzene rings is 1. The molecule has 0 aromatic heterocycles. The minimum absolute atomic E-state index is 0. The van der Waals surface area contributed by atoms with Crippen LogP contribution < -0.4 is 0 Å². The third kappa shape index (κ3) is 2.01. The highest BCUT2D eigenvalue weighted by atomic mass is 79.9. The first-order valence-corrected chi connectivity index (χ1v) is 3.43. The lowest BCUT2D eigenvalue weighted by molar-refractivity contribution is 0.374. The van der Waals surface area contributed by atoms with Gasteiger partial charge in [-0.25, -0.2) is 22.0 Å². The van der Waals surface area contributed by atoms with Gasteiger partial charge in [0.1, 0.15) is 0 Å². The van der Waals surface area contributed by atoms with Gasteiger partial charge in [-0.15, -0.1) is 17.0 Å². The summed E-state index contributed by atoms with van der Waals surface area (Å²) in [5.41, 5.74) is 0. The van der Waals surface area contributed by atoms with Crippen LogP contribution in [0.5, 0.6) is 0 Å². The van der Waals surface area contributed by atoms with Crippen LogP contribution in [0.4, 0.5) is 22.0 Å². The first kappa shape index (κ1) is 12.8. The normalized spacial score (nSPS) is 9.69. The van der Waals surface area contributed by atoms with Crippen LogP contribution >= 0.6 is 32.9 Å². The van der Waals surface area contributed by atoms with Gasteiger partial charge in [-0.3, -0.25) is 0 Å². The average molecular weight is 328 g/mol. The molecule has 0 unspecified atom stereocenters. The molecule has 0 heterocycles. The summed E-state index contributed by atoms with van der Waals surface area (Å²) < 4.78 is 60.3. The molecule has 0 N–H and O–H groups in total. The minimum atomic E-state index is -2.16. The van der Waals surface area contributed by atoms with Crippen molar-refractivity contribution in [1.82, 2.24) is 0 Å². The molecule has 7 heteroatoms. The lowest BCUT2D eigenvalue weighted by atomic mass is 10.3. The molecule has 0 aliphatic carbocycles. The summed E-state index contributed by atoms with van der Waals surface area (Å²) in [6, 6.07) is 0. The highest BCUT2D eigenvalue weighted by Crippen LogP contribution is 2.26. The summed E-state index contributed by atoms with van der Waals surface area (Å²) in [6.07, 6.45) is 0. The van der Waals surface area contributed by atoms with Gasteiger partial charge in [0.05, 0.1) is 4.47 Å². The average Bonchev–Trinajstić information content (AvgIpc) is 2.08. The fourth-order valence-electron chi connectivity index (χ4n) is 0.578. The molecule has 0 aliphatic rings. The van der Waals surface area contributed by atoms with Gasteiger partial charge in [-0.05, 0) is 15.9 Å². The minimum Gasteiger partial charge on any atom is -0.202 e. The Morgan fingerprint density at radius 2 is 0.846 bits per heavy atom. The third-order valence-corrected chi connectivity index (χ3v) is 1.85. The largest absolute Gasteiger partial charge is 0.202 e. The summed E-state index contributed by atoms with van der Waals surface area (Å²) in [4.78, 5) is 0. The Hall–Kier alpha value is -0.170. The monoisotopic (exact) mass is 326 g/mol. The van der Waals surface area contributed by atoms with Gasteiger partial charge in [0.25, 0.3) is 0 Å². The maximum atomic E-state index is 12.4. The highest BCUT2D eigenvalue weighted by molar-refractivity contribution is 9.10. The zero-order valence-electron chi connectivity index (χ0n) is 5.68. The molecule has 13 heavy (non-hydrogen) atoms. The molecule has 1 rings (SSSR count). The predicted octanol–water partition coefficient (Wildman–Crippen LogP) is 3.72. The molecule has 0 spiro atoms. The summed E-state index contributed by atoms with van der Waals surface area (Å²) in [5.74, 6) is -9.81. The quantitative estimate of drug-likeness (QED) is 0.387. The second-order valence-corrected chi connectivity index (χ2v) is 2.68. The Morgan fingerprint density at radius 3 is 1.15 bits per heavy atom. The molecule has 0 radical (unpaired) electrons. The van der Waals surface area contributed by atoms with Crippen molar-refractivity contribution in [2.75, 3.05) is 0 Å². The standard InChI is InChI=1S/C6BrF5.BrH/c7-1-2(8)4(10)6(12)5(11)3(1)9;/h;1H. The number of hydrogen-bond acceptors (Lipinski definition) is 0. The van der Waals surface area contributed by atoms with Gasteiger partial charge in [0.15, 0.2) is 23.3 Å². The van der Waals surface area contributed by atoms with Gasteiger partial charge < -0.3 is 0 Å². The molecule has 0 saturated heterocycles. The van der Waals surface area contributed by atoms with Crippen molar-refractivity contribution in [3.8, 4) is 0 Å². The second-order valence-electron chi connectivity index (χ2n) is 1.88. The number of halogens is 7. The van der Waals surface area contributed by atoms with E-state index in [2.05, 4.69) is 15.9 Å². The lowest BCUT2D eigenvalue weighted by Crippen LogP contribution is -2.01. The van der Waals surface area contributed by atoms with Gasteiger partial charge in [0.2, 0.25) is 5.82 Å². The maximum absolute atomic E-state index is 12.4. The van der Waals surface area contributed by atoms with Crippen LogP contribution in [0.2, 0.25) is 0 Å². The molecular formula is C6HBr2F5. The maximum Gasteiger partial charge on any atom is 0.200 e. The van der Waals surface area contributed by atoms with E-state index in [4.69, 9.17) is 0 Å².